The summed E-state index contributed by atoms with van der Waals surface area (Å²) in [6.07, 6.45) is 0.762. The molecule has 0 bridgehead atoms. The van der Waals surface area contributed by atoms with Gasteiger partial charge in [0.1, 0.15) is 17.9 Å². The Labute approximate surface area is 176 Å². The molecule has 1 aliphatic heterocycles. The van der Waals surface area contributed by atoms with Gasteiger partial charge in [0.05, 0.1) is 24.2 Å². The lowest BCUT2D eigenvalue weighted by Crippen LogP contribution is -2.22. The Bertz CT molecular complexity index is 878. The Morgan fingerprint density at radius 1 is 1.34 bits per heavy atom. The molecule has 0 saturated carbocycles. The standard InChI is InChI=1S/C12H11ClN2O2.C10H13NO/c13-12-5-10(2-1-9(12)6-14)15-4-3-11(7-15)17-8-16;1-8(12-3)9-4-6-10(11-2)7-5-9/h1-2,5,8,11H,3-4,7H2;4-7,11H,1H2,2-3H3/t11-;/m1./s1. The summed E-state index contributed by atoms with van der Waals surface area (Å²) in [7, 11) is 3.51. The van der Waals surface area contributed by atoms with Gasteiger partial charge in [-0.05, 0) is 42.5 Å². The lowest BCUT2D eigenvalue weighted by molar-refractivity contribution is -0.132. The molecule has 7 heteroatoms. The second-order valence-electron chi connectivity index (χ2n) is 6.32. The summed E-state index contributed by atoms with van der Waals surface area (Å²) in [6, 6.07) is 15.3. The molecule has 6 nitrogen and oxygen atoms in total. The van der Waals surface area contributed by atoms with Gasteiger partial charge in [-0.25, -0.2) is 0 Å². The summed E-state index contributed by atoms with van der Waals surface area (Å²) < 4.78 is 9.92. The maximum absolute atomic E-state index is 10.2. The van der Waals surface area contributed by atoms with E-state index < -0.39 is 0 Å². The minimum atomic E-state index is -0.0538. The van der Waals surface area contributed by atoms with E-state index in [0.717, 1.165) is 29.9 Å². The lowest BCUT2D eigenvalue weighted by Gasteiger charge is -2.18. The first-order valence-corrected chi connectivity index (χ1v) is 9.45. The normalized spacial score (nSPS) is 14.8. The summed E-state index contributed by atoms with van der Waals surface area (Å²) in [6.45, 7) is 5.73. The van der Waals surface area contributed by atoms with Gasteiger partial charge in [-0.15, -0.1) is 0 Å². The molecule has 152 valence electrons. The summed E-state index contributed by atoms with van der Waals surface area (Å²) in [5.41, 5.74) is 3.51. The zero-order valence-electron chi connectivity index (χ0n) is 16.5. The number of methoxy groups -OCH3 is 1. The van der Waals surface area contributed by atoms with E-state index in [0.29, 0.717) is 29.4 Å². The average Bonchev–Trinajstić information content (AvgIpc) is 3.22. The summed E-state index contributed by atoms with van der Waals surface area (Å²) >= 11 is 5.97. The Morgan fingerprint density at radius 2 is 2.07 bits per heavy atom. The highest BCUT2D eigenvalue weighted by Crippen LogP contribution is 2.26. The van der Waals surface area contributed by atoms with Crippen molar-refractivity contribution < 1.29 is 14.3 Å². The molecule has 2 aromatic carbocycles. The van der Waals surface area contributed by atoms with Crippen LogP contribution in [0.4, 0.5) is 11.4 Å². The van der Waals surface area contributed by atoms with Crippen LogP contribution in [0.2, 0.25) is 5.02 Å². The van der Waals surface area contributed by atoms with E-state index in [-0.39, 0.29) is 6.10 Å². The number of ether oxygens (including phenoxy) is 2. The monoisotopic (exact) mass is 413 g/mol. The van der Waals surface area contributed by atoms with Crippen molar-refractivity contribution in [2.45, 2.75) is 12.5 Å². The molecule has 1 saturated heterocycles. The van der Waals surface area contributed by atoms with Gasteiger partial charge in [-0.3, -0.25) is 4.79 Å². The number of rotatable bonds is 6. The highest BCUT2D eigenvalue weighted by Gasteiger charge is 2.23. The van der Waals surface area contributed by atoms with Crippen LogP contribution in [0.1, 0.15) is 17.5 Å². The van der Waals surface area contributed by atoms with Crippen molar-refractivity contribution in [3.8, 4) is 6.07 Å². The van der Waals surface area contributed by atoms with Crippen LogP contribution in [0, 0.1) is 11.3 Å². The van der Waals surface area contributed by atoms with E-state index in [1.807, 2.05) is 43.4 Å². The molecule has 0 radical (unpaired) electrons. The molecule has 0 unspecified atom stereocenters. The Hall–Kier alpha value is -3.17. The van der Waals surface area contributed by atoms with Gasteiger partial charge < -0.3 is 19.7 Å². The molecule has 1 N–H and O–H groups in total. The number of hydrogen-bond acceptors (Lipinski definition) is 6. The summed E-state index contributed by atoms with van der Waals surface area (Å²) in [5, 5.41) is 12.3. The Morgan fingerprint density at radius 3 is 2.62 bits per heavy atom. The van der Waals surface area contributed by atoms with Crippen LogP contribution in [0.3, 0.4) is 0 Å². The third kappa shape index (κ3) is 6.16. The minimum Gasteiger partial charge on any atom is -0.497 e. The van der Waals surface area contributed by atoms with Crippen LogP contribution in [-0.4, -0.2) is 39.8 Å². The van der Waals surface area contributed by atoms with Crippen LogP contribution in [0.25, 0.3) is 5.76 Å². The van der Waals surface area contributed by atoms with Crippen LogP contribution >= 0.6 is 11.6 Å². The number of hydrogen-bond donors (Lipinski definition) is 1. The molecule has 2 aromatic rings. The molecule has 1 heterocycles. The molecule has 1 atom stereocenters. The number of anilines is 2. The number of nitrogens with zero attached hydrogens (tertiary/aromatic N) is 2. The second kappa shape index (κ2) is 11.0. The summed E-state index contributed by atoms with van der Waals surface area (Å²) in [4.78, 5) is 12.3. The zero-order chi connectivity index (χ0) is 21.2. The van der Waals surface area contributed by atoms with Gasteiger partial charge in [0, 0.05) is 37.0 Å². The van der Waals surface area contributed by atoms with Crippen molar-refractivity contribution in [2.24, 2.45) is 0 Å². The third-order valence-electron chi connectivity index (χ3n) is 4.57. The maximum atomic E-state index is 10.2. The number of carbonyl (C=O) groups excluding carboxylic acids is 1. The fourth-order valence-electron chi connectivity index (χ4n) is 2.88. The van der Waals surface area contributed by atoms with Gasteiger partial charge in [0.15, 0.2) is 0 Å². The van der Waals surface area contributed by atoms with E-state index in [1.54, 1.807) is 19.2 Å². The van der Waals surface area contributed by atoms with E-state index in [4.69, 9.17) is 26.3 Å². The molecule has 3 rings (SSSR count). The Kier molecular flexibility index (Phi) is 8.38. The largest absolute Gasteiger partial charge is 0.497 e. The number of nitriles is 1. The van der Waals surface area contributed by atoms with Crippen molar-refractivity contribution in [1.29, 1.82) is 5.26 Å². The smallest absolute Gasteiger partial charge is 0.293 e. The molecule has 29 heavy (non-hydrogen) atoms. The SMILES string of the molecule is C=C(OC)c1ccc(NC)cc1.N#Cc1ccc(N2CC[C@@H](OC=O)C2)cc1Cl. The zero-order valence-corrected chi connectivity index (χ0v) is 17.3. The van der Waals surface area contributed by atoms with Crippen molar-refractivity contribution in [1.82, 2.24) is 0 Å². The maximum Gasteiger partial charge on any atom is 0.293 e. The molecule has 0 amide bonds. The molecule has 1 fully saturated rings. The Balaban J connectivity index is 0.000000221. The topological polar surface area (TPSA) is 74.6 Å². The van der Waals surface area contributed by atoms with E-state index in [1.165, 1.54) is 0 Å². The summed E-state index contributed by atoms with van der Waals surface area (Å²) in [5.74, 6) is 0.692. The number of carbonyl (C=O) groups is 1. The van der Waals surface area contributed by atoms with E-state index >= 15 is 0 Å². The van der Waals surface area contributed by atoms with E-state index in [2.05, 4.69) is 16.8 Å². The lowest BCUT2D eigenvalue weighted by atomic mass is 10.2. The predicted octanol–water partition coefficient (Wildman–Crippen LogP) is 4.31. The van der Waals surface area contributed by atoms with Crippen LogP contribution in [0.5, 0.6) is 0 Å². The first kappa shape index (κ1) is 22.1. The molecule has 0 spiro atoms. The molecule has 0 aromatic heterocycles. The van der Waals surface area contributed by atoms with Crippen LogP contribution < -0.4 is 10.2 Å². The molecule has 0 aliphatic carbocycles. The van der Waals surface area contributed by atoms with Crippen molar-refractivity contribution in [2.75, 3.05) is 37.5 Å². The van der Waals surface area contributed by atoms with Gasteiger partial charge in [-0.1, -0.05) is 18.2 Å². The predicted molar refractivity (Wildman–Crippen MR) is 116 cm³/mol. The van der Waals surface area contributed by atoms with Crippen molar-refractivity contribution >= 4 is 35.2 Å². The van der Waals surface area contributed by atoms with Crippen molar-refractivity contribution in [3.05, 3.63) is 65.2 Å². The van der Waals surface area contributed by atoms with Gasteiger partial charge >= 0.3 is 0 Å². The first-order valence-electron chi connectivity index (χ1n) is 9.07. The third-order valence-corrected chi connectivity index (χ3v) is 4.89. The van der Waals surface area contributed by atoms with Gasteiger partial charge in [0.25, 0.3) is 6.47 Å². The fraction of sp³-hybridized carbons (Fsp3) is 0.273. The van der Waals surface area contributed by atoms with Crippen molar-refractivity contribution in [3.63, 3.8) is 0 Å². The fourth-order valence-corrected chi connectivity index (χ4v) is 3.10. The second-order valence-corrected chi connectivity index (χ2v) is 6.73. The molecule has 1 aliphatic rings. The van der Waals surface area contributed by atoms with Gasteiger partial charge in [0.2, 0.25) is 0 Å². The highest BCUT2D eigenvalue weighted by molar-refractivity contribution is 6.32. The molecular formula is C22H24ClN3O3. The quantitative estimate of drug-likeness (QED) is 0.561. The number of nitrogens with one attached hydrogen (secondary N) is 1. The van der Waals surface area contributed by atoms with Gasteiger partial charge in [-0.2, -0.15) is 5.26 Å². The number of halogens is 1. The minimum absolute atomic E-state index is 0.0538. The highest BCUT2D eigenvalue weighted by atomic mass is 35.5. The van der Waals surface area contributed by atoms with E-state index in [9.17, 15) is 4.79 Å². The first-order chi connectivity index (χ1) is 14.0. The van der Waals surface area contributed by atoms with Crippen LogP contribution in [-0.2, 0) is 14.3 Å². The average molecular weight is 414 g/mol. The van der Waals surface area contributed by atoms with Crippen LogP contribution in [0.15, 0.2) is 49.0 Å². The molecular weight excluding hydrogens is 390 g/mol. The number of benzene rings is 2.